The molecule has 2 heterocycles. The summed E-state index contributed by atoms with van der Waals surface area (Å²) in [5.74, 6) is 0.0983. The normalized spacial score (nSPS) is 19.9. The van der Waals surface area contributed by atoms with Gasteiger partial charge in [0.05, 0.1) is 4.92 Å². The number of nitrogens with one attached hydrogen (secondary N) is 1. The highest BCUT2D eigenvalue weighted by molar-refractivity contribution is 5.38. The van der Waals surface area contributed by atoms with Gasteiger partial charge in [0.25, 0.3) is 0 Å². The highest BCUT2D eigenvalue weighted by Gasteiger charge is 2.22. The Morgan fingerprint density at radius 3 is 3.25 bits per heavy atom. The third-order valence-corrected chi connectivity index (χ3v) is 2.56. The van der Waals surface area contributed by atoms with Crippen molar-refractivity contribution in [3.05, 3.63) is 16.3 Å². The van der Waals surface area contributed by atoms with Crippen molar-refractivity contribution in [2.75, 3.05) is 13.2 Å². The van der Waals surface area contributed by atoms with Crippen LogP contribution in [0.2, 0.25) is 0 Å². The molecule has 88 valence electrons. The molecule has 0 aliphatic carbocycles. The zero-order valence-corrected chi connectivity index (χ0v) is 9.05. The van der Waals surface area contributed by atoms with E-state index in [9.17, 15) is 10.1 Å². The maximum absolute atomic E-state index is 10.7. The van der Waals surface area contributed by atoms with Crippen molar-refractivity contribution in [1.82, 2.24) is 15.1 Å². The highest BCUT2D eigenvalue weighted by Crippen LogP contribution is 2.24. The van der Waals surface area contributed by atoms with E-state index in [-0.39, 0.29) is 17.6 Å². The molecule has 7 nitrogen and oxygen atoms in total. The third-order valence-electron chi connectivity index (χ3n) is 2.56. The average Bonchev–Trinajstić information content (AvgIpc) is 2.83. The predicted molar refractivity (Wildman–Crippen MR) is 56.4 cm³/mol. The molecule has 0 saturated carbocycles. The Morgan fingerprint density at radius 2 is 2.62 bits per heavy atom. The van der Waals surface area contributed by atoms with Crippen molar-refractivity contribution in [2.45, 2.75) is 18.9 Å². The van der Waals surface area contributed by atoms with Crippen LogP contribution in [0.5, 0.6) is 5.88 Å². The Hall–Kier alpha value is -1.63. The predicted octanol–water partition coefficient (Wildman–Crippen LogP) is 0.459. The second-order valence-electron chi connectivity index (χ2n) is 3.85. The lowest BCUT2D eigenvalue weighted by Gasteiger charge is -2.09. The van der Waals surface area contributed by atoms with Gasteiger partial charge in [-0.1, -0.05) is 0 Å². The van der Waals surface area contributed by atoms with Gasteiger partial charge in [0.2, 0.25) is 0 Å². The summed E-state index contributed by atoms with van der Waals surface area (Å²) in [6, 6.07) is 0.279. The van der Waals surface area contributed by atoms with Gasteiger partial charge in [0.15, 0.2) is 0 Å². The molecule has 0 aromatic carbocycles. The largest absolute Gasteiger partial charge is 0.470 e. The number of nitro groups is 1. The Kier molecular flexibility index (Phi) is 3.04. The molecular formula is C9H14N4O3. The number of rotatable bonds is 4. The first-order chi connectivity index (χ1) is 7.66. The first-order valence-electron chi connectivity index (χ1n) is 5.21. The molecule has 1 N–H and O–H groups in total. The molecule has 1 fully saturated rings. The minimum atomic E-state index is -0.482. The van der Waals surface area contributed by atoms with Gasteiger partial charge in [-0.3, -0.25) is 14.8 Å². The van der Waals surface area contributed by atoms with Crippen LogP contribution in [0.3, 0.4) is 0 Å². The molecule has 1 aromatic heterocycles. The Morgan fingerprint density at radius 1 is 1.81 bits per heavy atom. The van der Waals surface area contributed by atoms with E-state index in [1.165, 1.54) is 10.9 Å². The molecule has 0 spiro atoms. The Balaban J connectivity index is 1.99. The summed E-state index contributed by atoms with van der Waals surface area (Å²) in [7, 11) is 1.63. The van der Waals surface area contributed by atoms with Crippen molar-refractivity contribution in [1.29, 1.82) is 0 Å². The van der Waals surface area contributed by atoms with E-state index >= 15 is 0 Å². The van der Waals surface area contributed by atoms with Crippen molar-refractivity contribution in [3.63, 3.8) is 0 Å². The first-order valence-corrected chi connectivity index (χ1v) is 5.21. The van der Waals surface area contributed by atoms with Gasteiger partial charge < -0.3 is 10.1 Å². The van der Waals surface area contributed by atoms with Crippen LogP contribution in [-0.2, 0) is 7.05 Å². The number of hydrogen-bond acceptors (Lipinski definition) is 5. The molecule has 7 heteroatoms. The summed E-state index contributed by atoms with van der Waals surface area (Å²) in [6.45, 7) is 1.41. The first kappa shape index (κ1) is 10.9. The van der Waals surface area contributed by atoms with Gasteiger partial charge in [0.1, 0.15) is 12.8 Å². The summed E-state index contributed by atoms with van der Waals surface area (Å²) < 4.78 is 6.75. The zero-order chi connectivity index (χ0) is 11.5. The molecule has 0 bridgehead atoms. The summed E-state index contributed by atoms with van der Waals surface area (Å²) in [5.41, 5.74) is -0.0829. The zero-order valence-electron chi connectivity index (χ0n) is 9.05. The molecule has 16 heavy (non-hydrogen) atoms. The van der Waals surface area contributed by atoms with E-state index < -0.39 is 4.92 Å². The fraction of sp³-hybridized carbons (Fsp3) is 0.667. The molecule has 0 radical (unpaired) electrons. The third kappa shape index (κ3) is 2.30. The molecular weight excluding hydrogens is 212 g/mol. The summed E-state index contributed by atoms with van der Waals surface area (Å²) >= 11 is 0. The SMILES string of the molecule is Cn1cc([N+](=O)[O-])c(OCC2CCCN2)n1. The standard InChI is InChI=1S/C9H14N4O3/c1-12-5-8(13(14)15)9(11-12)16-6-7-3-2-4-10-7/h5,7,10H,2-4,6H2,1H3. The lowest BCUT2D eigenvalue weighted by molar-refractivity contribution is -0.386. The second kappa shape index (κ2) is 4.48. The van der Waals surface area contributed by atoms with E-state index in [1.807, 2.05) is 0 Å². The number of nitrogens with zero attached hydrogens (tertiary/aromatic N) is 3. The van der Waals surface area contributed by atoms with E-state index in [0.29, 0.717) is 6.61 Å². The topological polar surface area (TPSA) is 82.2 Å². The quantitative estimate of drug-likeness (QED) is 0.595. The Labute approximate surface area is 92.5 Å². The lowest BCUT2D eigenvalue weighted by atomic mass is 10.2. The molecule has 1 aliphatic rings. The molecule has 1 aromatic rings. The Bertz CT molecular complexity index is 384. The van der Waals surface area contributed by atoms with Crippen LogP contribution in [0.4, 0.5) is 5.69 Å². The van der Waals surface area contributed by atoms with Crippen LogP contribution in [0.1, 0.15) is 12.8 Å². The highest BCUT2D eigenvalue weighted by atomic mass is 16.6. The molecule has 1 saturated heterocycles. The van der Waals surface area contributed by atoms with Gasteiger partial charge >= 0.3 is 11.6 Å². The maximum atomic E-state index is 10.7. The number of hydrogen-bond donors (Lipinski definition) is 1. The van der Waals surface area contributed by atoms with Crippen molar-refractivity contribution < 1.29 is 9.66 Å². The van der Waals surface area contributed by atoms with Crippen LogP contribution in [0, 0.1) is 10.1 Å². The maximum Gasteiger partial charge on any atom is 0.350 e. The summed E-state index contributed by atoms with van der Waals surface area (Å²) in [4.78, 5) is 10.2. The summed E-state index contributed by atoms with van der Waals surface area (Å²) in [6.07, 6.45) is 3.51. The second-order valence-corrected chi connectivity index (χ2v) is 3.85. The van der Waals surface area contributed by atoms with Crippen LogP contribution in [-0.4, -0.2) is 33.9 Å². The average molecular weight is 226 g/mol. The van der Waals surface area contributed by atoms with E-state index in [0.717, 1.165) is 19.4 Å². The van der Waals surface area contributed by atoms with E-state index in [1.54, 1.807) is 7.05 Å². The van der Waals surface area contributed by atoms with Crippen molar-refractivity contribution in [2.24, 2.45) is 7.05 Å². The van der Waals surface area contributed by atoms with Crippen molar-refractivity contribution >= 4 is 5.69 Å². The lowest BCUT2D eigenvalue weighted by Crippen LogP contribution is -2.28. The van der Waals surface area contributed by atoms with Gasteiger partial charge in [0, 0.05) is 13.1 Å². The van der Waals surface area contributed by atoms with Crippen LogP contribution in [0.15, 0.2) is 6.20 Å². The van der Waals surface area contributed by atoms with Gasteiger partial charge in [-0.2, -0.15) is 0 Å². The summed E-state index contributed by atoms with van der Waals surface area (Å²) in [5, 5.41) is 17.9. The smallest absolute Gasteiger partial charge is 0.350 e. The van der Waals surface area contributed by atoms with Gasteiger partial charge in [-0.05, 0) is 19.4 Å². The fourth-order valence-electron chi connectivity index (χ4n) is 1.76. The molecule has 1 atom stereocenters. The molecule has 2 rings (SSSR count). The minimum absolute atomic E-state index is 0.0829. The number of ether oxygens (including phenoxy) is 1. The number of aromatic nitrogens is 2. The number of aryl methyl sites for hydroxylation is 1. The van der Waals surface area contributed by atoms with Crippen LogP contribution >= 0.6 is 0 Å². The van der Waals surface area contributed by atoms with Crippen molar-refractivity contribution in [3.8, 4) is 5.88 Å². The molecule has 1 aliphatic heterocycles. The molecule has 0 amide bonds. The monoisotopic (exact) mass is 226 g/mol. The molecule has 1 unspecified atom stereocenters. The van der Waals surface area contributed by atoms with E-state index in [2.05, 4.69) is 10.4 Å². The van der Waals surface area contributed by atoms with Crippen LogP contribution in [0.25, 0.3) is 0 Å². The fourth-order valence-corrected chi connectivity index (χ4v) is 1.76. The van der Waals surface area contributed by atoms with Gasteiger partial charge in [-0.25, -0.2) is 0 Å². The van der Waals surface area contributed by atoms with E-state index in [4.69, 9.17) is 4.74 Å². The van der Waals surface area contributed by atoms with Gasteiger partial charge in [-0.15, -0.1) is 5.10 Å². The minimum Gasteiger partial charge on any atom is -0.470 e. The van der Waals surface area contributed by atoms with Crippen LogP contribution < -0.4 is 10.1 Å².